The summed E-state index contributed by atoms with van der Waals surface area (Å²) in [7, 11) is 0. The maximum absolute atomic E-state index is 11.2. The molecule has 44 heavy (non-hydrogen) atoms. The molecule has 1 amide bonds. The Hall–Kier alpha value is -4.22. The van der Waals surface area contributed by atoms with E-state index in [2.05, 4.69) is 24.4 Å². The SMILES string of the molecule is Nc1ncnc2c1c(-c1ccc(Oc3ccccc3)cc1)nn2C1CCC(N2CC3CN(C4CN(C(=O)O)C4)CC3C2)CC1. The highest BCUT2D eigenvalue weighted by Gasteiger charge is 2.46. The number of ether oxygens (including phenoxy) is 1. The fraction of sp³-hybridized carbons (Fsp3) is 0.455. The first-order valence-corrected chi connectivity index (χ1v) is 15.8. The number of nitrogens with two attached hydrogens (primary N) is 1. The number of hydrogen-bond donors (Lipinski definition) is 2. The maximum atomic E-state index is 11.2. The molecular formula is C33H38N8O3. The van der Waals surface area contributed by atoms with Crippen LogP contribution in [0.2, 0.25) is 0 Å². The molecule has 3 aliphatic heterocycles. The van der Waals surface area contributed by atoms with Gasteiger partial charge in [-0.1, -0.05) is 18.2 Å². The fourth-order valence-corrected chi connectivity index (χ4v) is 7.93. The smallest absolute Gasteiger partial charge is 0.407 e. The molecule has 2 atom stereocenters. The van der Waals surface area contributed by atoms with Gasteiger partial charge in [-0.2, -0.15) is 5.10 Å². The second-order valence-electron chi connectivity index (χ2n) is 12.9. The number of nitrogen functional groups attached to an aromatic ring is 1. The molecule has 4 aliphatic rings. The van der Waals surface area contributed by atoms with Gasteiger partial charge in [-0.25, -0.2) is 19.4 Å². The van der Waals surface area contributed by atoms with Crippen LogP contribution in [-0.4, -0.2) is 97.0 Å². The fourth-order valence-electron chi connectivity index (χ4n) is 7.93. The predicted molar refractivity (Wildman–Crippen MR) is 166 cm³/mol. The van der Waals surface area contributed by atoms with Crippen molar-refractivity contribution in [2.45, 2.75) is 43.8 Å². The van der Waals surface area contributed by atoms with Crippen molar-refractivity contribution in [2.24, 2.45) is 11.8 Å². The number of fused-ring (bicyclic) bond motifs is 2. The lowest BCUT2D eigenvalue weighted by Crippen LogP contribution is -2.60. The second-order valence-corrected chi connectivity index (χ2v) is 12.9. The highest BCUT2D eigenvalue weighted by atomic mass is 16.5. The molecule has 8 rings (SSSR count). The molecule has 3 N–H and O–H groups in total. The van der Waals surface area contributed by atoms with Crippen LogP contribution in [0.4, 0.5) is 10.6 Å². The number of benzene rings is 2. The highest BCUT2D eigenvalue weighted by molar-refractivity contribution is 5.98. The van der Waals surface area contributed by atoms with Crippen molar-refractivity contribution in [3.8, 4) is 22.8 Å². The molecule has 1 saturated carbocycles. The number of amides is 1. The zero-order chi connectivity index (χ0) is 29.8. The van der Waals surface area contributed by atoms with E-state index in [-0.39, 0.29) is 6.04 Å². The van der Waals surface area contributed by atoms with E-state index in [0.717, 1.165) is 85.7 Å². The van der Waals surface area contributed by atoms with Crippen molar-refractivity contribution in [1.82, 2.24) is 34.4 Å². The number of rotatable bonds is 6. The van der Waals surface area contributed by atoms with Crippen LogP contribution in [0, 0.1) is 11.8 Å². The van der Waals surface area contributed by atoms with E-state index in [1.54, 1.807) is 0 Å². The summed E-state index contributed by atoms with van der Waals surface area (Å²) in [6, 6.07) is 19.0. The Morgan fingerprint density at radius 1 is 0.773 bits per heavy atom. The monoisotopic (exact) mass is 594 g/mol. The lowest BCUT2D eigenvalue weighted by Gasteiger charge is -2.43. The van der Waals surface area contributed by atoms with Gasteiger partial charge in [-0.05, 0) is 73.9 Å². The molecule has 228 valence electrons. The van der Waals surface area contributed by atoms with Gasteiger partial charge in [0.15, 0.2) is 5.65 Å². The molecule has 0 spiro atoms. The van der Waals surface area contributed by atoms with Crippen LogP contribution in [0.1, 0.15) is 31.7 Å². The summed E-state index contributed by atoms with van der Waals surface area (Å²) in [5.41, 5.74) is 8.98. The van der Waals surface area contributed by atoms with Crippen molar-refractivity contribution in [2.75, 3.05) is 45.0 Å². The van der Waals surface area contributed by atoms with E-state index in [1.165, 1.54) is 11.2 Å². The third-order valence-corrected chi connectivity index (χ3v) is 10.3. The first-order valence-electron chi connectivity index (χ1n) is 15.8. The van der Waals surface area contributed by atoms with Crippen LogP contribution < -0.4 is 10.5 Å². The topological polar surface area (TPSA) is 126 Å². The average Bonchev–Trinajstić information content (AvgIpc) is 3.70. The van der Waals surface area contributed by atoms with Gasteiger partial charge >= 0.3 is 6.09 Å². The van der Waals surface area contributed by atoms with Crippen LogP contribution in [0.25, 0.3) is 22.3 Å². The Kier molecular flexibility index (Phi) is 6.86. The van der Waals surface area contributed by atoms with Crippen molar-refractivity contribution < 1.29 is 14.6 Å². The van der Waals surface area contributed by atoms with E-state index < -0.39 is 6.09 Å². The number of anilines is 1. The van der Waals surface area contributed by atoms with Gasteiger partial charge in [0.05, 0.1) is 11.4 Å². The third kappa shape index (κ3) is 4.93. The zero-order valence-electron chi connectivity index (χ0n) is 24.7. The van der Waals surface area contributed by atoms with Gasteiger partial charge in [0.1, 0.15) is 29.3 Å². The summed E-state index contributed by atoms with van der Waals surface area (Å²) in [5.74, 6) is 3.41. The lowest BCUT2D eigenvalue weighted by atomic mass is 9.90. The van der Waals surface area contributed by atoms with E-state index in [0.29, 0.717) is 42.8 Å². The number of aromatic nitrogens is 4. The summed E-state index contributed by atoms with van der Waals surface area (Å²) in [6.07, 6.45) is 5.15. The van der Waals surface area contributed by atoms with Crippen LogP contribution >= 0.6 is 0 Å². The molecule has 2 unspecified atom stereocenters. The first kappa shape index (κ1) is 27.3. The average molecular weight is 595 g/mol. The number of hydrogen-bond acceptors (Lipinski definition) is 8. The van der Waals surface area contributed by atoms with Crippen LogP contribution in [0.3, 0.4) is 0 Å². The van der Waals surface area contributed by atoms with E-state index in [9.17, 15) is 9.90 Å². The summed E-state index contributed by atoms with van der Waals surface area (Å²) in [5, 5.41) is 15.1. The number of carboxylic acid groups (broad SMARTS) is 1. The summed E-state index contributed by atoms with van der Waals surface area (Å²) in [6.45, 7) is 5.87. The molecule has 2 aromatic carbocycles. The van der Waals surface area contributed by atoms with Crippen LogP contribution in [0.5, 0.6) is 11.5 Å². The highest BCUT2D eigenvalue weighted by Crippen LogP contribution is 2.40. The molecule has 11 nitrogen and oxygen atoms in total. The quantitative estimate of drug-likeness (QED) is 0.330. The van der Waals surface area contributed by atoms with E-state index in [1.807, 2.05) is 54.6 Å². The van der Waals surface area contributed by atoms with E-state index >= 15 is 0 Å². The van der Waals surface area contributed by atoms with Gasteiger partial charge in [0, 0.05) is 56.9 Å². The lowest BCUT2D eigenvalue weighted by molar-refractivity contribution is 0.0408. The summed E-state index contributed by atoms with van der Waals surface area (Å²) < 4.78 is 8.09. The number of para-hydroxylation sites is 1. The molecule has 4 aromatic rings. The predicted octanol–water partition coefficient (Wildman–Crippen LogP) is 4.58. The normalized spacial score (nSPS) is 26.1. The van der Waals surface area contributed by atoms with Gasteiger partial charge in [-0.15, -0.1) is 0 Å². The Bertz CT molecular complexity index is 1630. The molecule has 3 saturated heterocycles. The Morgan fingerprint density at radius 2 is 1.39 bits per heavy atom. The number of nitrogens with zero attached hydrogens (tertiary/aromatic N) is 7. The summed E-state index contributed by atoms with van der Waals surface area (Å²) >= 11 is 0. The minimum atomic E-state index is -0.791. The van der Waals surface area contributed by atoms with Crippen molar-refractivity contribution in [3.05, 3.63) is 60.9 Å². The molecule has 0 bridgehead atoms. The molecular weight excluding hydrogens is 556 g/mol. The first-order chi connectivity index (χ1) is 21.5. The molecule has 2 aromatic heterocycles. The van der Waals surface area contributed by atoms with Gasteiger partial charge < -0.3 is 20.5 Å². The minimum absolute atomic E-state index is 0.269. The molecule has 4 fully saturated rings. The van der Waals surface area contributed by atoms with Crippen molar-refractivity contribution in [3.63, 3.8) is 0 Å². The van der Waals surface area contributed by atoms with Crippen molar-refractivity contribution in [1.29, 1.82) is 0 Å². The Balaban J connectivity index is 0.926. The Morgan fingerprint density at radius 3 is 2.05 bits per heavy atom. The Labute approximate surface area is 256 Å². The van der Waals surface area contributed by atoms with Gasteiger partial charge in [0.2, 0.25) is 0 Å². The molecule has 1 aliphatic carbocycles. The van der Waals surface area contributed by atoms with Gasteiger partial charge in [-0.3, -0.25) is 9.80 Å². The standard InChI is InChI=1S/C33H38N8O3/c34-31-29-30(21-6-12-28(13-7-21)44-27-4-2-1-3-5-27)37-41(32(29)36-20-35-31)25-10-8-24(9-11-25)38-14-22-16-39(17-23(22)15-38)26-18-40(19-26)33(42)43/h1-7,12-13,20,22-26H,8-11,14-19H2,(H,42,43)(H2,34,35,36). The maximum Gasteiger partial charge on any atom is 0.407 e. The number of likely N-dealkylation sites (tertiary alicyclic amines) is 3. The molecule has 5 heterocycles. The molecule has 0 radical (unpaired) electrons. The largest absolute Gasteiger partial charge is 0.465 e. The van der Waals surface area contributed by atoms with Crippen LogP contribution in [-0.2, 0) is 0 Å². The molecule has 11 heteroatoms. The third-order valence-electron chi connectivity index (χ3n) is 10.3. The van der Waals surface area contributed by atoms with E-state index in [4.69, 9.17) is 15.6 Å². The number of carbonyl (C=O) groups is 1. The minimum Gasteiger partial charge on any atom is -0.465 e. The van der Waals surface area contributed by atoms with Crippen LogP contribution in [0.15, 0.2) is 60.9 Å². The van der Waals surface area contributed by atoms with Crippen molar-refractivity contribution >= 4 is 22.9 Å². The van der Waals surface area contributed by atoms with Gasteiger partial charge in [0.25, 0.3) is 0 Å². The summed E-state index contributed by atoms with van der Waals surface area (Å²) in [4.78, 5) is 26.9. The zero-order valence-corrected chi connectivity index (χ0v) is 24.7. The second kappa shape index (κ2) is 11.0.